The van der Waals surface area contributed by atoms with E-state index in [0.29, 0.717) is 0 Å². The largest absolute Gasteiger partial charge is 0.461 e. The van der Waals surface area contributed by atoms with Crippen molar-refractivity contribution in [3.8, 4) is 0 Å². The van der Waals surface area contributed by atoms with Gasteiger partial charge >= 0.3 is 5.97 Å². The van der Waals surface area contributed by atoms with Crippen LogP contribution in [0.2, 0.25) is 0 Å². The van der Waals surface area contributed by atoms with Crippen molar-refractivity contribution in [2.45, 2.75) is 60.5 Å². The van der Waals surface area contributed by atoms with E-state index >= 15 is 0 Å². The zero-order chi connectivity index (χ0) is 12.5. The number of ether oxygens (including phenoxy) is 1. The van der Waals surface area contributed by atoms with E-state index in [1.807, 2.05) is 13.8 Å². The molecule has 0 spiro atoms. The second-order valence-corrected chi connectivity index (χ2v) is 5.64. The van der Waals surface area contributed by atoms with E-state index in [4.69, 9.17) is 4.74 Å². The highest BCUT2D eigenvalue weighted by molar-refractivity contribution is 5.72. The van der Waals surface area contributed by atoms with Gasteiger partial charge in [0.2, 0.25) is 0 Å². The Balaban J connectivity index is 2.62. The monoisotopic (exact) mass is 224 g/mol. The Bertz CT molecular complexity index is 309. The van der Waals surface area contributed by atoms with E-state index in [9.17, 15) is 4.79 Å². The normalized spacial score (nSPS) is 24.6. The molecule has 0 aromatic carbocycles. The molecule has 16 heavy (non-hydrogen) atoms. The number of carbonyl (C=O) groups excluding carboxylic acids is 1. The smallest absolute Gasteiger partial charge is 0.308 e. The topological polar surface area (TPSA) is 26.3 Å². The molecule has 0 amide bonds. The van der Waals surface area contributed by atoms with Gasteiger partial charge in [0.15, 0.2) is 0 Å². The number of hydrogen-bond donors (Lipinski definition) is 0. The first-order chi connectivity index (χ1) is 7.30. The molecule has 0 aromatic rings. The molecule has 0 N–H and O–H groups in total. The van der Waals surface area contributed by atoms with Crippen molar-refractivity contribution < 1.29 is 9.53 Å². The molecule has 0 heterocycles. The maximum Gasteiger partial charge on any atom is 0.308 e. The molecule has 0 saturated heterocycles. The van der Waals surface area contributed by atoms with Crippen LogP contribution in [-0.4, -0.2) is 12.1 Å². The van der Waals surface area contributed by atoms with E-state index in [2.05, 4.69) is 27.7 Å². The standard InChI is InChI=1S/C14H24O2/c1-7-10(4)13(15)16-12-8-11(9(2)3)14(12,5)6/h10,12H,7-8H2,1-6H3. The first-order valence-electron chi connectivity index (χ1n) is 6.18. The van der Waals surface area contributed by atoms with Crippen molar-refractivity contribution in [2.24, 2.45) is 11.3 Å². The Kier molecular flexibility index (Phi) is 3.82. The SMILES string of the molecule is CCC(C)C(=O)OC1CC(=C(C)C)C1(C)C. The van der Waals surface area contributed by atoms with Crippen LogP contribution in [0.4, 0.5) is 0 Å². The predicted molar refractivity (Wildman–Crippen MR) is 66.1 cm³/mol. The minimum atomic E-state index is -0.0478. The van der Waals surface area contributed by atoms with Crippen LogP contribution in [-0.2, 0) is 9.53 Å². The van der Waals surface area contributed by atoms with Crippen molar-refractivity contribution in [3.63, 3.8) is 0 Å². The summed E-state index contributed by atoms with van der Waals surface area (Å²) in [6, 6.07) is 0. The van der Waals surface area contributed by atoms with Crippen molar-refractivity contribution in [2.75, 3.05) is 0 Å². The van der Waals surface area contributed by atoms with Gasteiger partial charge in [-0.2, -0.15) is 0 Å². The van der Waals surface area contributed by atoms with Crippen LogP contribution in [0, 0.1) is 11.3 Å². The maximum absolute atomic E-state index is 11.7. The van der Waals surface area contributed by atoms with Gasteiger partial charge in [-0.25, -0.2) is 0 Å². The molecule has 2 nitrogen and oxygen atoms in total. The fourth-order valence-electron chi connectivity index (χ4n) is 2.23. The Morgan fingerprint density at radius 3 is 2.44 bits per heavy atom. The summed E-state index contributed by atoms with van der Waals surface area (Å²) in [5.41, 5.74) is 2.83. The fourth-order valence-corrected chi connectivity index (χ4v) is 2.23. The zero-order valence-corrected chi connectivity index (χ0v) is 11.4. The lowest BCUT2D eigenvalue weighted by molar-refractivity contribution is -0.163. The van der Waals surface area contributed by atoms with Gasteiger partial charge in [-0.1, -0.05) is 38.8 Å². The number of hydrogen-bond acceptors (Lipinski definition) is 2. The molecule has 1 saturated carbocycles. The van der Waals surface area contributed by atoms with Crippen LogP contribution < -0.4 is 0 Å². The number of rotatable bonds is 3. The predicted octanol–water partition coefficient (Wildman–Crippen LogP) is 3.71. The first-order valence-corrected chi connectivity index (χ1v) is 6.18. The Hall–Kier alpha value is -0.790. The average molecular weight is 224 g/mol. The molecule has 0 bridgehead atoms. The van der Waals surface area contributed by atoms with Crippen molar-refractivity contribution in [1.82, 2.24) is 0 Å². The van der Waals surface area contributed by atoms with Crippen molar-refractivity contribution in [1.29, 1.82) is 0 Å². The summed E-state index contributed by atoms with van der Waals surface area (Å²) in [6.07, 6.45) is 1.83. The highest BCUT2D eigenvalue weighted by Gasteiger charge is 2.46. The van der Waals surface area contributed by atoms with Crippen LogP contribution >= 0.6 is 0 Å². The number of esters is 1. The first kappa shape index (κ1) is 13.3. The molecular formula is C14H24O2. The summed E-state index contributed by atoms with van der Waals surface area (Å²) in [5.74, 6) is -0.0278. The third kappa shape index (κ3) is 2.31. The highest BCUT2D eigenvalue weighted by atomic mass is 16.5. The minimum absolute atomic E-state index is 0.0200. The molecule has 0 radical (unpaired) electrons. The number of carbonyl (C=O) groups is 1. The molecule has 1 rings (SSSR count). The summed E-state index contributed by atoms with van der Waals surface area (Å²) in [5, 5.41) is 0. The number of allylic oxidation sites excluding steroid dienone is 1. The van der Waals surface area contributed by atoms with Crippen LogP contribution in [0.3, 0.4) is 0 Å². The zero-order valence-electron chi connectivity index (χ0n) is 11.4. The van der Waals surface area contributed by atoms with Crippen LogP contribution in [0.15, 0.2) is 11.1 Å². The van der Waals surface area contributed by atoms with E-state index < -0.39 is 0 Å². The maximum atomic E-state index is 11.7. The lowest BCUT2D eigenvalue weighted by Gasteiger charge is -2.47. The van der Waals surface area contributed by atoms with E-state index in [0.717, 1.165) is 12.8 Å². The van der Waals surface area contributed by atoms with Gasteiger partial charge in [-0.05, 0) is 20.3 Å². The molecule has 1 fully saturated rings. The molecule has 92 valence electrons. The van der Waals surface area contributed by atoms with Gasteiger partial charge in [-0.15, -0.1) is 0 Å². The summed E-state index contributed by atoms with van der Waals surface area (Å²) in [4.78, 5) is 11.7. The van der Waals surface area contributed by atoms with Gasteiger partial charge in [0.05, 0.1) is 5.92 Å². The van der Waals surface area contributed by atoms with Crippen LogP contribution in [0.25, 0.3) is 0 Å². The second kappa shape index (κ2) is 4.60. The fraction of sp³-hybridized carbons (Fsp3) is 0.786. The minimum Gasteiger partial charge on any atom is -0.461 e. The molecule has 2 unspecified atom stereocenters. The van der Waals surface area contributed by atoms with Gasteiger partial charge in [-0.3, -0.25) is 4.79 Å². The van der Waals surface area contributed by atoms with Gasteiger partial charge in [0.1, 0.15) is 6.10 Å². The molecule has 1 aliphatic rings. The van der Waals surface area contributed by atoms with Gasteiger partial charge in [0.25, 0.3) is 0 Å². The Labute approximate surface area is 99.1 Å². The Morgan fingerprint density at radius 1 is 1.50 bits per heavy atom. The molecule has 0 aromatic heterocycles. The van der Waals surface area contributed by atoms with E-state index in [-0.39, 0.29) is 23.4 Å². The quantitative estimate of drug-likeness (QED) is 0.539. The van der Waals surface area contributed by atoms with E-state index in [1.165, 1.54) is 11.1 Å². The summed E-state index contributed by atoms with van der Waals surface area (Å²) >= 11 is 0. The second-order valence-electron chi connectivity index (χ2n) is 5.64. The van der Waals surface area contributed by atoms with Crippen LogP contribution in [0.1, 0.15) is 54.4 Å². The molecule has 2 heteroatoms. The van der Waals surface area contributed by atoms with Crippen LogP contribution in [0.5, 0.6) is 0 Å². The average Bonchev–Trinajstić information content (AvgIpc) is 2.21. The molecule has 2 atom stereocenters. The Morgan fingerprint density at radius 2 is 2.06 bits per heavy atom. The third-order valence-electron chi connectivity index (χ3n) is 3.85. The van der Waals surface area contributed by atoms with Crippen molar-refractivity contribution >= 4 is 5.97 Å². The van der Waals surface area contributed by atoms with Crippen molar-refractivity contribution in [3.05, 3.63) is 11.1 Å². The summed E-state index contributed by atoms with van der Waals surface area (Å²) in [6.45, 7) is 12.5. The lowest BCUT2D eigenvalue weighted by atomic mass is 9.63. The molecule has 0 aliphatic heterocycles. The summed E-state index contributed by atoms with van der Waals surface area (Å²) < 4.78 is 5.56. The summed E-state index contributed by atoms with van der Waals surface area (Å²) in [7, 11) is 0. The molecular weight excluding hydrogens is 200 g/mol. The van der Waals surface area contributed by atoms with E-state index in [1.54, 1.807) is 0 Å². The molecule has 1 aliphatic carbocycles. The lowest BCUT2D eigenvalue weighted by Crippen LogP contribution is -2.46. The van der Waals surface area contributed by atoms with Gasteiger partial charge < -0.3 is 4.74 Å². The highest BCUT2D eigenvalue weighted by Crippen LogP contribution is 2.49. The van der Waals surface area contributed by atoms with Gasteiger partial charge in [0, 0.05) is 11.8 Å². The third-order valence-corrected chi connectivity index (χ3v) is 3.85.